The molecule has 1 fully saturated rings. The zero-order chi connectivity index (χ0) is 24.0. The maximum Gasteiger partial charge on any atom is 0.222 e. The van der Waals surface area contributed by atoms with Crippen LogP contribution in [-0.2, 0) is 16.8 Å². The molecule has 0 bridgehead atoms. The van der Waals surface area contributed by atoms with Crippen molar-refractivity contribution in [2.24, 2.45) is 0 Å². The largest absolute Gasteiger partial charge is 0.343 e. The Balaban J connectivity index is 1.73. The minimum Gasteiger partial charge on any atom is -0.343 e. The van der Waals surface area contributed by atoms with Crippen molar-refractivity contribution in [2.75, 3.05) is 26.7 Å². The Hall–Kier alpha value is -3.05. The summed E-state index contributed by atoms with van der Waals surface area (Å²) in [5, 5.41) is 0. The van der Waals surface area contributed by atoms with Crippen molar-refractivity contribution in [3.8, 4) is 0 Å². The van der Waals surface area contributed by atoms with Gasteiger partial charge >= 0.3 is 0 Å². The summed E-state index contributed by atoms with van der Waals surface area (Å²) in [6.45, 7) is 2.09. The molecule has 34 heavy (non-hydrogen) atoms. The Morgan fingerprint density at radius 1 is 0.853 bits per heavy atom. The Labute approximate surface area is 201 Å². The number of hydrogen-bond acceptors (Lipinski definition) is 2. The molecule has 0 spiro atoms. The monoisotopic (exact) mass is 462 g/mol. The van der Waals surface area contributed by atoms with Gasteiger partial charge in [0.15, 0.2) is 0 Å². The number of likely N-dealkylation sites (N-methyl/N-ethyl adjacent to an activating group) is 1. The molecular formula is C29H32F2N2O. The number of halogens is 2. The molecular weight excluding hydrogens is 430 g/mol. The van der Waals surface area contributed by atoms with E-state index in [-0.39, 0.29) is 17.5 Å². The summed E-state index contributed by atoms with van der Waals surface area (Å²) in [4.78, 5) is 16.8. The van der Waals surface area contributed by atoms with Crippen LogP contribution in [0.15, 0.2) is 78.9 Å². The van der Waals surface area contributed by atoms with E-state index in [9.17, 15) is 13.6 Å². The van der Waals surface area contributed by atoms with E-state index in [1.165, 1.54) is 29.8 Å². The maximum atomic E-state index is 13.9. The van der Waals surface area contributed by atoms with Crippen molar-refractivity contribution >= 4 is 5.91 Å². The summed E-state index contributed by atoms with van der Waals surface area (Å²) in [5.74, 6) is -0.407. The van der Waals surface area contributed by atoms with Gasteiger partial charge in [-0.05, 0) is 73.7 Å². The lowest BCUT2D eigenvalue weighted by Gasteiger charge is -2.45. The van der Waals surface area contributed by atoms with E-state index < -0.39 is 5.54 Å². The van der Waals surface area contributed by atoms with Crippen molar-refractivity contribution in [2.45, 2.75) is 37.6 Å². The highest BCUT2D eigenvalue weighted by Crippen LogP contribution is 2.39. The number of benzene rings is 3. The van der Waals surface area contributed by atoms with Crippen LogP contribution in [0, 0.1) is 11.6 Å². The number of piperidine rings is 1. The molecule has 3 aromatic carbocycles. The standard InChI is InChI=1S/C29H32F2N2O/c1-32(21-18-23-7-3-2-4-8-23)29(24-10-14-26(30)15-11-24,25-12-16-27(31)17-13-25)19-22-33-20-6-5-9-28(33)34/h2-4,7-8,10-17H,5-6,9,18-22H2,1H3. The number of carbonyl (C=O) groups excluding carboxylic acids is 1. The van der Waals surface area contributed by atoms with Gasteiger partial charge in [-0.15, -0.1) is 0 Å². The van der Waals surface area contributed by atoms with Gasteiger partial charge < -0.3 is 4.90 Å². The van der Waals surface area contributed by atoms with Crippen LogP contribution in [-0.4, -0.2) is 42.4 Å². The summed E-state index contributed by atoms with van der Waals surface area (Å²) >= 11 is 0. The zero-order valence-electron chi connectivity index (χ0n) is 19.7. The first-order chi connectivity index (χ1) is 16.5. The van der Waals surface area contributed by atoms with E-state index in [0.717, 1.165) is 43.5 Å². The average molecular weight is 463 g/mol. The topological polar surface area (TPSA) is 23.6 Å². The van der Waals surface area contributed by atoms with Gasteiger partial charge in [-0.1, -0.05) is 54.6 Å². The van der Waals surface area contributed by atoms with Crippen LogP contribution >= 0.6 is 0 Å². The van der Waals surface area contributed by atoms with Gasteiger partial charge in [0, 0.05) is 26.1 Å². The van der Waals surface area contributed by atoms with Crippen molar-refractivity contribution in [3.63, 3.8) is 0 Å². The number of rotatable bonds is 9. The second-order valence-electron chi connectivity index (χ2n) is 9.12. The third kappa shape index (κ3) is 5.36. The van der Waals surface area contributed by atoms with Crippen LogP contribution in [0.25, 0.3) is 0 Å². The smallest absolute Gasteiger partial charge is 0.222 e. The molecule has 3 nitrogen and oxygen atoms in total. The predicted molar refractivity (Wildman–Crippen MR) is 131 cm³/mol. The van der Waals surface area contributed by atoms with Crippen LogP contribution in [0.4, 0.5) is 8.78 Å². The molecule has 0 radical (unpaired) electrons. The molecule has 3 aromatic rings. The van der Waals surface area contributed by atoms with Crippen LogP contribution in [0.2, 0.25) is 0 Å². The summed E-state index contributed by atoms with van der Waals surface area (Å²) in [5.41, 5.74) is 2.45. The molecule has 5 heteroatoms. The lowest BCUT2D eigenvalue weighted by atomic mass is 9.78. The maximum absolute atomic E-state index is 13.9. The van der Waals surface area contributed by atoms with Crippen LogP contribution in [0.1, 0.15) is 42.4 Å². The number of hydrogen-bond donors (Lipinski definition) is 0. The molecule has 0 saturated carbocycles. The number of amides is 1. The zero-order valence-corrected chi connectivity index (χ0v) is 19.7. The lowest BCUT2D eigenvalue weighted by Crippen LogP contribution is -2.49. The highest BCUT2D eigenvalue weighted by Gasteiger charge is 2.39. The number of nitrogens with zero attached hydrogens (tertiary/aromatic N) is 2. The van der Waals surface area contributed by atoms with Gasteiger partial charge in [0.1, 0.15) is 11.6 Å². The number of likely N-dealkylation sites (tertiary alicyclic amines) is 1. The molecule has 0 atom stereocenters. The first-order valence-corrected chi connectivity index (χ1v) is 12.0. The minimum absolute atomic E-state index is 0.185. The van der Waals surface area contributed by atoms with Gasteiger partial charge in [-0.2, -0.15) is 0 Å². The first-order valence-electron chi connectivity index (χ1n) is 12.0. The summed E-state index contributed by atoms with van der Waals surface area (Å²) in [7, 11) is 2.06. The van der Waals surface area contributed by atoms with Gasteiger partial charge in [0.25, 0.3) is 0 Å². The van der Waals surface area contributed by atoms with Crippen LogP contribution in [0.5, 0.6) is 0 Å². The Bertz CT molecular complexity index is 1020. The third-order valence-electron chi connectivity index (χ3n) is 7.04. The van der Waals surface area contributed by atoms with E-state index in [0.29, 0.717) is 19.4 Å². The molecule has 1 heterocycles. The average Bonchev–Trinajstić information content (AvgIpc) is 2.86. The molecule has 0 N–H and O–H groups in total. The second kappa shape index (κ2) is 10.9. The van der Waals surface area contributed by atoms with Gasteiger partial charge in [0.05, 0.1) is 5.54 Å². The van der Waals surface area contributed by atoms with Crippen molar-refractivity contribution < 1.29 is 13.6 Å². The molecule has 0 unspecified atom stereocenters. The quantitative estimate of drug-likeness (QED) is 0.402. The highest BCUT2D eigenvalue weighted by atomic mass is 19.1. The Kier molecular flexibility index (Phi) is 7.73. The van der Waals surface area contributed by atoms with Gasteiger partial charge in [0.2, 0.25) is 5.91 Å². The summed E-state index contributed by atoms with van der Waals surface area (Å²) < 4.78 is 27.8. The molecule has 178 valence electrons. The Morgan fingerprint density at radius 3 is 2.00 bits per heavy atom. The van der Waals surface area contributed by atoms with Gasteiger partial charge in [-0.25, -0.2) is 8.78 Å². The molecule has 1 aliphatic rings. The Morgan fingerprint density at radius 2 is 1.44 bits per heavy atom. The van der Waals surface area contributed by atoms with Crippen molar-refractivity contribution in [1.29, 1.82) is 0 Å². The molecule has 0 aliphatic carbocycles. The van der Waals surface area contributed by atoms with E-state index in [1.54, 1.807) is 0 Å². The highest BCUT2D eigenvalue weighted by molar-refractivity contribution is 5.76. The fourth-order valence-corrected chi connectivity index (χ4v) is 5.07. The lowest BCUT2D eigenvalue weighted by molar-refractivity contribution is -0.133. The fourth-order valence-electron chi connectivity index (χ4n) is 5.07. The molecule has 4 rings (SSSR count). The predicted octanol–water partition coefficient (Wildman–Crippen LogP) is 5.79. The minimum atomic E-state index is -0.645. The number of carbonyl (C=O) groups is 1. The normalized spacial score (nSPS) is 14.6. The molecule has 1 saturated heterocycles. The van der Waals surface area contributed by atoms with E-state index in [2.05, 4.69) is 24.1 Å². The fraction of sp³-hybridized carbons (Fsp3) is 0.345. The second-order valence-corrected chi connectivity index (χ2v) is 9.12. The van der Waals surface area contributed by atoms with Crippen molar-refractivity contribution in [3.05, 3.63) is 107 Å². The molecule has 1 aliphatic heterocycles. The van der Waals surface area contributed by atoms with E-state index in [1.807, 2.05) is 47.4 Å². The molecule has 0 aromatic heterocycles. The SMILES string of the molecule is CN(CCc1ccccc1)C(CCN1CCCCC1=O)(c1ccc(F)cc1)c1ccc(F)cc1. The molecule has 1 amide bonds. The van der Waals surface area contributed by atoms with Crippen LogP contribution in [0.3, 0.4) is 0 Å². The van der Waals surface area contributed by atoms with Crippen molar-refractivity contribution in [1.82, 2.24) is 9.80 Å². The summed E-state index contributed by atoms with van der Waals surface area (Å²) in [6.07, 6.45) is 4.00. The van der Waals surface area contributed by atoms with E-state index in [4.69, 9.17) is 0 Å². The van der Waals surface area contributed by atoms with Crippen LogP contribution < -0.4 is 0 Å². The summed E-state index contributed by atoms with van der Waals surface area (Å²) in [6, 6.07) is 23.5. The van der Waals surface area contributed by atoms with Gasteiger partial charge in [-0.3, -0.25) is 9.69 Å². The van der Waals surface area contributed by atoms with E-state index >= 15 is 0 Å². The third-order valence-corrected chi connectivity index (χ3v) is 7.04. The first kappa shape index (κ1) is 24.1.